The molecular weight excluding hydrogens is 196 g/mol. The first-order chi connectivity index (χ1) is 7.68. The van der Waals surface area contributed by atoms with Gasteiger partial charge in [-0.3, -0.25) is 0 Å². The predicted molar refractivity (Wildman–Crippen MR) is 69.8 cm³/mol. The van der Waals surface area contributed by atoms with Gasteiger partial charge < -0.3 is 10.6 Å². The lowest BCUT2D eigenvalue weighted by molar-refractivity contribution is 0.464. The van der Waals surface area contributed by atoms with E-state index in [0.717, 1.165) is 19.5 Å². The summed E-state index contributed by atoms with van der Waals surface area (Å²) < 4.78 is 0. The number of nitrogens with zero attached hydrogens (tertiary/aromatic N) is 1. The van der Waals surface area contributed by atoms with Crippen LogP contribution >= 0.6 is 0 Å². The summed E-state index contributed by atoms with van der Waals surface area (Å²) in [6.07, 6.45) is 2.28. The van der Waals surface area contributed by atoms with Crippen molar-refractivity contribution in [3.8, 4) is 0 Å². The minimum Gasteiger partial charge on any atom is -0.371 e. The van der Waals surface area contributed by atoms with Gasteiger partial charge in [-0.2, -0.15) is 0 Å². The highest BCUT2D eigenvalue weighted by atomic mass is 15.1. The van der Waals surface area contributed by atoms with Gasteiger partial charge in [0.15, 0.2) is 0 Å². The molecule has 1 unspecified atom stereocenters. The van der Waals surface area contributed by atoms with Gasteiger partial charge in [-0.15, -0.1) is 0 Å². The molecular formula is C14H22N2. The Morgan fingerprint density at radius 2 is 2.06 bits per heavy atom. The molecule has 1 aromatic carbocycles. The number of benzene rings is 1. The van der Waals surface area contributed by atoms with Gasteiger partial charge in [0, 0.05) is 24.8 Å². The summed E-state index contributed by atoms with van der Waals surface area (Å²) in [5.74, 6) is 0.581. The zero-order chi connectivity index (χ0) is 11.5. The fourth-order valence-corrected chi connectivity index (χ4v) is 2.28. The Labute approximate surface area is 98.4 Å². The largest absolute Gasteiger partial charge is 0.371 e. The molecule has 0 amide bonds. The first kappa shape index (κ1) is 11.5. The van der Waals surface area contributed by atoms with Gasteiger partial charge in [0.1, 0.15) is 0 Å². The summed E-state index contributed by atoms with van der Waals surface area (Å²) in [4.78, 5) is 2.47. The van der Waals surface area contributed by atoms with Crippen molar-refractivity contribution < 1.29 is 0 Å². The van der Waals surface area contributed by atoms with Crippen LogP contribution < -0.4 is 10.6 Å². The lowest BCUT2D eigenvalue weighted by atomic mass is 10.0. The topological polar surface area (TPSA) is 29.3 Å². The van der Waals surface area contributed by atoms with E-state index in [1.54, 1.807) is 0 Å². The van der Waals surface area contributed by atoms with Crippen molar-refractivity contribution in [1.29, 1.82) is 0 Å². The molecule has 0 saturated carbocycles. The van der Waals surface area contributed by atoms with Gasteiger partial charge in [-0.1, -0.05) is 32.0 Å². The second-order valence-electron chi connectivity index (χ2n) is 5.06. The quantitative estimate of drug-likeness (QED) is 0.841. The molecule has 1 heterocycles. The lowest BCUT2D eigenvalue weighted by Crippen LogP contribution is -2.32. The van der Waals surface area contributed by atoms with Gasteiger partial charge >= 0.3 is 0 Å². The number of hydrogen-bond donors (Lipinski definition) is 1. The van der Waals surface area contributed by atoms with Crippen LogP contribution in [-0.2, 0) is 6.42 Å². The molecule has 0 radical (unpaired) electrons. The smallest absolute Gasteiger partial charge is 0.0399 e. The van der Waals surface area contributed by atoms with Gasteiger partial charge in [0.05, 0.1) is 0 Å². The van der Waals surface area contributed by atoms with E-state index in [1.807, 2.05) is 0 Å². The SMILES string of the molecule is CC(C)C(N)CCN1CCc2ccccc21. The van der Waals surface area contributed by atoms with Crippen molar-refractivity contribution >= 4 is 5.69 Å². The van der Waals surface area contributed by atoms with E-state index in [4.69, 9.17) is 5.73 Å². The van der Waals surface area contributed by atoms with Crippen LogP contribution in [0.5, 0.6) is 0 Å². The van der Waals surface area contributed by atoms with Crippen molar-refractivity contribution in [2.75, 3.05) is 18.0 Å². The monoisotopic (exact) mass is 218 g/mol. The van der Waals surface area contributed by atoms with E-state index < -0.39 is 0 Å². The van der Waals surface area contributed by atoms with Crippen LogP contribution in [0.4, 0.5) is 5.69 Å². The molecule has 0 saturated heterocycles. The predicted octanol–water partition coefficient (Wildman–Crippen LogP) is 2.42. The van der Waals surface area contributed by atoms with E-state index in [-0.39, 0.29) is 0 Å². The van der Waals surface area contributed by atoms with Crippen LogP contribution in [0.1, 0.15) is 25.8 Å². The third-order valence-corrected chi connectivity index (χ3v) is 3.57. The molecule has 0 spiro atoms. The Hall–Kier alpha value is -1.02. The number of anilines is 1. The molecule has 1 aliphatic rings. The molecule has 88 valence electrons. The van der Waals surface area contributed by atoms with E-state index in [1.165, 1.54) is 17.7 Å². The fraction of sp³-hybridized carbons (Fsp3) is 0.571. The maximum absolute atomic E-state index is 6.09. The van der Waals surface area contributed by atoms with Crippen LogP contribution in [0.3, 0.4) is 0 Å². The summed E-state index contributed by atoms with van der Waals surface area (Å²) in [6, 6.07) is 9.04. The summed E-state index contributed by atoms with van der Waals surface area (Å²) in [7, 11) is 0. The highest BCUT2D eigenvalue weighted by Crippen LogP contribution is 2.27. The molecule has 1 aromatic rings. The number of nitrogens with two attached hydrogens (primary N) is 1. The van der Waals surface area contributed by atoms with Crippen LogP contribution in [-0.4, -0.2) is 19.1 Å². The molecule has 2 heteroatoms. The van der Waals surface area contributed by atoms with E-state index in [9.17, 15) is 0 Å². The molecule has 1 aliphatic heterocycles. The number of para-hydroxylation sites is 1. The first-order valence-electron chi connectivity index (χ1n) is 6.27. The molecule has 2 nitrogen and oxygen atoms in total. The number of rotatable bonds is 4. The molecule has 0 aliphatic carbocycles. The average molecular weight is 218 g/mol. The van der Waals surface area contributed by atoms with Crippen molar-refractivity contribution in [3.63, 3.8) is 0 Å². The minimum atomic E-state index is 0.327. The van der Waals surface area contributed by atoms with Crippen LogP contribution in [0, 0.1) is 5.92 Å². The van der Waals surface area contributed by atoms with Crippen LogP contribution in [0.15, 0.2) is 24.3 Å². The van der Waals surface area contributed by atoms with Crippen LogP contribution in [0.2, 0.25) is 0 Å². The Kier molecular flexibility index (Phi) is 3.49. The van der Waals surface area contributed by atoms with Gasteiger partial charge in [0.25, 0.3) is 0 Å². The standard InChI is InChI=1S/C14H22N2/c1-11(2)13(15)8-10-16-9-7-12-5-3-4-6-14(12)16/h3-6,11,13H,7-10,15H2,1-2H3. The molecule has 2 rings (SSSR count). The Morgan fingerprint density at radius 1 is 1.31 bits per heavy atom. The van der Waals surface area contributed by atoms with E-state index in [2.05, 4.69) is 43.0 Å². The van der Waals surface area contributed by atoms with Crippen molar-refractivity contribution in [1.82, 2.24) is 0 Å². The first-order valence-corrected chi connectivity index (χ1v) is 6.27. The summed E-state index contributed by atoms with van der Waals surface area (Å²) in [5.41, 5.74) is 8.99. The Bertz CT molecular complexity index is 346. The minimum absolute atomic E-state index is 0.327. The third kappa shape index (κ3) is 2.38. The average Bonchev–Trinajstić information content (AvgIpc) is 2.69. The summed E-state index contributed by atoms with van der Waals surface area (Å²) >= 11 is 0. The van der Waals surface area contributed by atoms with Gasteiger partial charge in [0.2, 0.25) is 0 Å². The second-order valence-corrected chi connectivity index (χ2v) is 5.06. The van der Waals surface area contributed by atoms with Crippen molar-refractivity contribution in [2.45, 2.75) is 32.7 Å². The maximum atomic E-state index is 6.09. The van der Waals surface area contributed by atoms with E-state index in [0.29, 0.717) is 12.0 Å². The zero-order valence-corrected chi connectivity index (χ0v) is 10.3. The summed E-state index contributed by atoms with van der Waals surface area (Å²) in [5, 5.41) is 0. The molecule has 0 fully saturated rings. The third-order valence-electron chi connectivity index (χ3n) is 3.57. The zero-order valence-electron chi connectivity index (χ0n) is 10.3. The van der Waals surface area contributed by atoms with Gasteiger partial charge in [-0.05, 0) is 30.4 Å². The number of fused-ring (bicyclic) bond motifs is 1. The highest BCUT2D eigenvalue weighted by Gasteiger charge is 2.18. The molecule has 0 bridgehead atoms. The fourth-order valence-electron chi connectivity index (χ4n) is 2.28. The maximum Gasteiger partial charge on any atom is 0.0399 e. The number of hydrogen-bond acceptors (Lipinski definition) is 2. The van der Waals surface area contributed by atoms with Crippen LogP contribution in [0.25, 0.3) is 0 Å². The van der Waals surface area contributed by atoms with Crippen molar-refractivity contribution in [3.05, 3.63) is 29.8 Å². The summed E-state index contributed by atoms with van der Waals surface area (Å²) in [6.45, 7) is 6.64. The Morgan fingerprint density at radius 3 is 2.81 bits per heavy atom. The molecule has 0 aromatic heterocycles. The highest BCUT2D eigenvalue weighted by molar-refractivity contribution is 5.57. The second kappa shape index (κ2) is 4.88. The molecule has 1 atom stereocenters. The molecule has 2 N–H and O–H groups in total. The van der Waals surface area contributed by atoms with Crippen molar-refractivity contribution in [2.24, 2.45) is 11.7 Å². The van der Waals surface area contributed by atoms with E-state index >= 15 is 0 Å². The lowest BCUT2D eigenvalue weighted by Gasteiger charge is -2.23. The normalized spacial score (nSPS) is 16.6. The van der Waals surface area contributed by atoms with Gasteiger partial charge in [-0.25, -0.2) is 0 Å². The molecule has 16 heavy (non-hydrogen) atoms. The Balaban J connectivity index is 1.93.